The molecule has 2 aliphatic rings. The molecular weight excluding hydrogens is 420 g/mol. The van der Waals surface area contributed by atoms with Gasteiger partial charge in [0.15, 0.2) is 0 Å². The van der Waals surface area contributed by atoms with Gasteiger partial charge in [0.1, 0.15) is 5.82 Å². The smallest absolute Gasteiger partial charge is 0.297 e. The fourth-order valence-corrected chi connectivity index (χ4v) is 5.78. The van der Waals surface area contributed by atoms with Gasteiger partial charge in [0.2, 0.25) is 0 Å². The second kappa shape index (κ2) is 7.51. The topological polar surface area (TPSA) is 85.9 Å². The number of hydrogen-bond acceptors (Lipinski definition) is 8. The van der Waals surface area contributed by atoms with E-state index >= 15 is 0 Å². The second-order valence-electron chi connectivity index (χ2n) is 8.44. The number of aryl methyl sites for hydroxylation is 2. The molecule has 0 atom stereocenters. The van der Waals surface area contributed by atoms with Crippen molar-refractivity contribution in [2.75, 3.05) is 13.1 Å². The zero-order chi connectivity index (χ0) is 20.9. The molecule has 5 rings (SSSR count). The van der Waals surface area contributed by atoms with E-state index < -0.39 is 11.1 Å². The maximum atomic E-state index is 12.8. The van der Waals surface area contributed by atoms with E-state index in [-0.39, 0.29) is 12.0 Å². The lowest BCUT2D eigenvalue weighted by molar-refractivity contribution is 0.0971. The molecule has 10 heteroatoms. The first-order chi connectivity index (χ1) is 14.4. The SMILES string of the molecule is Cc1nc(CN2CCC3(CC2)Cc2nn(Cc4csc(C)n4)c(=O)c(=O)n2C3)cs1. The van der Waals surface area contributed by atoms with Crippen LogP contribution in [-0.4, -0.2) is 42.3 Å². The summed E-state index contributed by atoms with van der Waals surface area (Å²) in [5, 5.41) is 10.7. The summed E-state index contributed by atoms with van der Waals surface area (Å²) < 4.78 is 2.91. The first kappa shape index (κ1) is 19.8. The number of likely N-dealkylation sites (tertiary alicyclic amines) is 1. The van der Waals surface area contributed by atoms with Crippen LogP contribution in [0, 0.1) is 19.3 Å². The van der Waals surface area contributed by atoms with Crippen LogP contribution in [0.5, 0.6) is 0 Å². The van der Waals surface area contributed by atoms with Crippen molar-refractivity contribution in [1.82, 2.24) is 29.2 Å². The van der Waals surface area contributed by atoms with E-state index in [1.54, 1.807) is 15.9 Å². The lowest BCUT2D eigenvalue weighted by Crippen LogP contribution is -2.44. The zero-order valence-corrected chi connectivity index (χ0v) is 18.8. The van der Waals surface area contributed by atoms with E-state index in [9.17, 15) is 9.59 Å². The number of nitrogens with zero attached hydrogens (tertiary/aromatic N) is 6. The van der Waals surface area contributed by atoms with Crippen LogP contribution in [0.25, 0.3) is 0 Å². The van der Waals surface area contributed by atoms with Crippen molar-refractivity contribution in [2.45, 2.75) is 52.7 Å². The molecule has 1 saturated heterocycles. The van der Waals surface area contributed by atoms with Crippen LogP contribution >= 0.6 is 22.7 Å². The number of rotatable bonds is 4. The Morgan fingerprint density at radius 2 is 1.60 bits per heavy atom. The minimum atomic E-state index is -0.558. The standard InChI is InChI=1S/C20H24N6O2S2/c1-13-21-15(10-29-13)8-24-5-3-20(4-6-24)7-17-23-26(9-16-11-30-14(2)22-16)19(28)18(27)25(17)12-20/h10-11H,3-9,12H2,1-2H3. The number of hydrogen-bond donors (Lipinski definition) is 0. The molecule has 3 aromatic rings. The van der Waals surface area contributed by atoms with E-state index in [4.69, 9.17) is 0 Å². The van der Waals surface area contributed by atoms with Crippen LogP contribution in [0.1, 0.15) is 40.1 Å². The molecule has 0 aromatic carbocycles. The Kier molecular flexibility index (Phi) is 4.95. The number of aromatic nitrogens is 5. The lowest BCUT2D eigenvalue weighted by atomic mass is 9.77. The first-order valence-corrected chi connectivity index (χ1v) is 11.9. The van der Waals surface area contributed by atoms with Gasteiger partial charge >= 0.3 is 11.1 Å². The summed E-state index contributed by atoms with van der Waals surface area (Å²) in [7, 11) is 0. The molecule has 0 bridgehead atoms. The van der Waals surface area contributed by atoms with Crippen LogP contribution in [0.3, 0.4) is 0 Å². The minimum Gasteiger partial charge on any atom is -0.297 e. The average Bonchev–Trinajstić information content (AvgIpc) is 3.41. The van der Waals surface area contributed by atoms with E-state index in [1.165, 1.54) is 16.0 Å². The van der Waals surface area contributed by atoms with Gasteiger partial charge in [0.25, 0.3) is 0 Å². The van der Waals surface area contributed by atoms with Gasteiger partial charge in [-0.2, -0.15) is 5.10 Å². The van der Waals surface area contributed by atoms with Crippen LogP contribution in [0.15, 0.2) is 20.3 Å². The monoisotopic (exact) mass is 444 g/mol. The minimum absolute atomic E-state index is 0.0243. The van der Waals surface area contributed by atoms with E-state index in [2.05, 4.69) is 25.3 Å². The maximum Gasteiger partial charge on any atom is 0.332 e. The van der Waals surface area contributed by atoms with Gasteiger partial charge < -0.3 is 0 Å². The molecule has 0 N–H and O–H groups in total. The summed E-state index contributed by atoms with van der Waals surface area (Å²) >= 11 is 3.22. The predicted octanol–water partition coefficient (Wildman–Crippen LogP) is 1.82. The summed E-state index contributed by atoms with van der Waals surface area (Å²) in [6.07, 6.45) is 2.75. The molecule has 0 amide bonds. The molecule has 0 aliphatic carbocycles. The van der Waals surface area contributed by atoms with Gasteiger partial charge in [-0.05, 0) is 45.2 Å². The lowest BCUT2D eigenvalue weighted by Gasteiger charge is -2.38. The van der Waals surface area contributed by atoms with Crippen LogP contribution in [0.4, 0.5) is 0 Å². The van der Waals surface area contributed by atoms with Gasteiger partial charge in [-0.3, -0.25) is 19.1 Å². The average molecular weight is 445 g/mol. The van der Waals surface area contributed by atoms with Crippen LogP contribution in [0.2, 0.25) is 0 Å². The fraction of sp³-hybridized carbons (Fsp3) is 0.550. The highest BCUT2D eigenvalue weighted by Crippen LogP contribution is 2.40. The van der Waals surface area contributed by atoms with E-state index in [0.717, 1.165) is 66.1 Å². The third-order valence-electron chi connectivity index (χ3n) is 6.18. The van der Waals surface area contributed by atoms with E-state index in [0.29, 0.717) is 6.54 Å². The summed E-state index contributed by atoms with van der Waals surface area (Å²) in [6, 6.07) is 0. The molecule has 158 valence electrons. The molecule has 2 aliphatic heterocycles. The summed E-state index contributed by atoms with van der Waals surface area (Å²) in [5.41, 5.74) is 0.920. The number of fused-ring (bicyclic) bond motifs is 1. The highest BCUT2D eigenvalue weighted by molar-refractivity contribution is 7.09. The molecule has 0 radical (unpaired) electrons. The quantitative estimate of drug-likeness (QED) is 0.571. The molecular formula is C20H24N6O2S2. The van der Waals surface area contributed by atoms with Crippen molar-refractivity contribution < 1.29 is 0 Å². The molecule has 1 spiro atoms. The summed E-state index contributed by atoms with van der Waals surface area (Å²) in [5.74, 6) is 0.732. The molecule has 30 heavy (non-hydrogen) atoms. The Balaban J connectivity index is 1.31. The molecule has 0 saturated carbocycles. The second-order valence-corrected chi connectivity index (χ2v) is 10.6. The van der Waals surface area contributed by atoms with E-state index in [1.807, 2.05) is 19.2 Å². The van der Waals surface area contributed by atoms with Crippen molar-refractivity contribution in [3.05, 3.63) is 58.7 Å². The Hall–Kier alpha value is -2.17. The van der Waals surface area contributed by atoms with Crippen molar-refractivity contribution in [3.63, 3.8) is 0 Å². The molecule has 5 heterocycles. The van der Waals surface area contributed by atoms with Gasteiger partial charge in [0, 0.05) is 30.3 Å². The van der Waals surface area contributed by atoms with Gasteiger partial charge in [-0.1, -0.05) is 0 Å². The van der Waals surface area contributed by atoms with Crippen LogP contribution in [-0.2, 0) is 26.1 Å². The van der Waals surface area contributed by atoms with Crippen molar-refractivity contribution >= 4 is 22.7 Å². The normalized spacial score (nSPS) is 18.2. The van der Waals surface area contributed by atoms with Crippen molar-refractivity contribution in [3.8, 4) is 0 Å². The highest BCUT2D eigenvalue weighted by Gasteiger charge is 2.42. The Bertz CT molecular complexity index is 1200. The largest absolute Gasteiger partial charge is 0.332 e. The fourth-order valence-electron chi connectivity index (χ4n) is 4.57. The third kappa shape index (κ3) is 3.67. The molecule has 1 fully saturated rings. The Morgan fingerprint density at radius 3 is 2.20 bits per heavy atom. The Morgan fingerprint density at radius 1 is 0.967 bits per heavy atom. The van der Waals surface area contributed by atoms with Gasteiger partial charge in [-0.25, -0.2) is 14.6 Å². The third-order valence-corrected chi connectivity index (χ3v) is 7.83. The molecule has 8 nitrogen and oxygen atoms in total. The predicted molar refractivity (Wildman–Crippen MR) is 116 cm³/mol. The zero-order valence-electron chi connectivity index (χ0n) is 17.1. The van der Waals surface area contributed by atoms with Crippen molar-refractivity contribution in [1.29, 1.82) is 0 Å². The van der Waals surface area contributed by atoms with Gasteiger partial charge in [-0.15, -0.1) is 22.7 Å². The molecule has 0 unspecified atom stereocenters. The van der Waals surface area contributed by atoms with Crippen LogP contribution < -0.4 is 11.1 Å². The van der Waals surface area contributed by atoms with Gasteiger partial charge in [0.05, 0.1) is 27.9 Å². The number of thiazole rings is 2. The highest BCUT2D eigenvalue weighted by atomic mass is 32.1. The first-order valence-electron chi connectivity index (χ1n) is 10.2. The molecule has 3 aromatic heterocycles. The summed E-state index contributed by atoms with van der Waals surface area (Å²) in [4.78, 5) is 36.8. The maximum absolute atomic E-state index is 12.8. The Labute approximate surface area is 181 Å². The summed E-state index contributed by atoms with van der Waals surface area (Å²) in [6.45, 7) is 7.63. The number of piperidine rings is 1. The van der Waals surface area contributed by atoms with Crippen molar-refractivity contribution in [2.24, 2.45) is 5.41 Å².